The number of nitrogens with zero attached hydrogens (tertiary/aromatic N) is 1. The van der Waals surface area contributed by atoms with Crippen LogP contribution in [0.1, 0.15) is 13.3 Å². The average Bonchev–Trinajstić information content (AvgIpc) is 2.79. The van der Waals surface area contributed by atoms with Crippen molar-refractivity contribution >= 4 is 5.97 Å². The number of aliphatic hydroxyl groups excluding tert-OH is 1. The molecule has 0 spiro atoms. The zero-order chi connectivity index (χ0) is 15.4. The molecule has 1 aliphatic rings. The normalized spacial score (nSPS) is 22.5. The summed E-state index contributed by atoms with van der Waals surface area (Å²) >= 11 is 0. The Bertz CT molecular complexity index is 517. The molecular weight excluding hydrogens is 274 g/mol. The maximum absolute atomic E-state index is 10.6. The highest BCUT2D eigenvalue weighted by Gasteiger charge is 2.36. The van der Waals surface area contributed by atoms with Gasteiger partial charge in [0.05, 0.1) is 19.3 Å². The minimum atomic E-state index is -1.01. The number of carbonyl (C=O) groups is 1. The summed E-state index contributed by atoms with van der Waals surface area (Å²) in [6, 6.07) is -0.694. The molecule has 1 aromatic carbocycles. The van der Waals surface area contributed by atoms with Gasteiger partial charge in [0.2, 0.25) is 11.5 Å². The van der Waals surface area contributed by atoms with Crippen molar-refractivity contribution in [3.63, 3.8) is 0 Å². The third-order valence-electron chi connectivity index (χ3n) is 2.67. The molecule has 2 atom stereocenters. The highest BCUT2D eigenvalue weighted by atomic mass is 16.7. The fourth-order valence-electron chi connectivity index (χ4n) is 1.68. The number of hydrogen-bond donors (Lipinski definition) is 4. The van der Waals surface area contributed by atoms with Gasteiger partial charge in [0.1, 0.15) is 6.04 Å². The quantitative estimate of drug-likeness (QED) is 0.471. The third-order valence-corrected chi connectivity index (χ3v) is 2.67. The molecule has 1 aromatic rings. The molecule has 0 saturated carbocycles. The van der Waals surface area contributed by atoms with Crippen molar-refractivity contribution in [1.82, 2.24) is 5.06 Å². The molecule has 0 amide bonds. The van der Waals surface area contributed by atoms with Gasteiger partial charge in [-0.25, -0.2) is 0 Å². The van der Waals surface area contributed by atoms with Crippen molar-refractivity contribution in [1.29, 1.82) is 0 Å². The van der Waals surface area contributed by atoms with Gasteiger partial charge in [-0.3, -0.25) is 19.2 Å². The Balaban J connectivity index is 0.000000217. The molecule has 1 fully saturated rings. The molecule has 1 aliphatic heterocycles. The van der Waals surface area contributed by atoms with E-state index in [-0.39, 0.29) is 13.0 Å². The van der Waals surface area contributed by atoms with Crippen molar-refractivity contribution in [3.05, 3.63) is 20.4 Å². The molecule has 0 aromatic heterocycles. The first-order chi connectivity index (χ1) is 9.29. The minimum absolute atomic E-state index is 0.245. The van der Waals surface area contributed by atoms with Gasteiger partial charge in [-0.15, -0.1) is 0 Å². The Hall–Kier alpha value is -1.97. The average molecular weight is 289 g/mol. The van der Waals surface area contributed by atoms with Crippen molar-refractivity contribution in [2.75, 3.05) is 13.2 Å². The van der Waals surface area contributed by atoms with E-state index in [1.807, 2.05) is 0 Å². The van der Waals surface area contributed by atoms with Crippen molar-refractivity contribution in [3.8, 4) is 11.5 Å². The first-order valence-electron chi connectivity index (χ1n) is 5.81. The Labute approximate surface area is 112 Å². The summed E-state index contributed by atoms with van der Waals surface area (Å²) in [7, 11) is 0. The van der Waals surface area contributed by atoms with Gasteiger partial charge in [0, 0.05) is 6.42 Å². The number of hydroxylamine groups is 2. The Morgan fingerprint density at radius 2 is 1.80 bits per heavy atom. The van der Waals surface area contributed by atoms with Crippen molar-refractivity contribution in [2.45, 2.75) is 25.5 Å². The van der Waals surface area contributed by atoms with Crippen LogP contribution in [0, 0.1) is 0 Å². The van der Waals surface area contributed by atoms with E-state index in [1.54, 1.807) is 6.92 Å². The molecule has 0 aliphatic carbocycles. The number of carboxylic acid groups (broad SMARTS) is 1. The highest BCUT2D eigenvalue weighted by Crippen LogP contribution is 2.17. The Morgan fingerprint density at radius 1 is 1.30 bits per heavy atom. The summed E-state index contributed by atoms with van der Waals surface area (Å²) in [6.45, 7) is 2.49. The molecule has 9 nitrogen and oxygen atoms in total. The van der Waals surface area contributed by atoms with E-state index in [0.29, 0.717) is 6.61 Å². The summed E-state index contributed by atoms with van der Waals surface area (Å²) in [5.41, 5.74) is -2.02. The van der Waals surface area contributed by atoms with Crippen LogP contribution in [-0.4, -0.2) is 56.8 Å². The third kappa shape index (κ3) is 3.32. The number of carboxylic acids is 1. The molecule has 0 unspecified atom stereocenters. The first-order valence-corrected chi connectivity index (χ1v) is 5.81. The van der Waals surface area contributed by atoms with Gasteiger partial charge in [-0.1, -0.05) is 0 Å². The lowest BCUT2D eigenvalue weighted by molar-refractivity contribution is -0.184. The molecule has 20 heavy (non-hydrogen) atoms. The zero-order valence-electron chi connectivity index (χ0n) is 10.6. The van der Waals surface area contributed by atoms with Crippen LogP contribution in [0.3, 0.4) is 0 Å². The largest absolute Gasteiger partial charge is 0.501 e. The van der Waals surface area contributed by atoms with E-state index in [0.717, 1.165) is 0 Å². The maximum Gasteiger partial charge on any atom is 0.323 e. The van der Waals surface area contributed by atoms with Gasteiger partial charge in [-0.05, 0) is 6.92 Å². The molecular formula is C11H15NO8. The zero-order valence-corrected chi connectivity index (χ0v) is 10.6. The number of rotatable bonds is 3. The monoisotopic (exact) mass is 289 g/mol. The van der Waals surface area contributed by atoms with E-state index in [4.69, 9.17) is 25.3 Å². The molecule has 9 heteroatoms. The van der Waals surface area contributed by atoms with Crippen molar-refractivity contribution in [2.24, 2.45) is 0 Å². The number of hydrogen-bond acceptors (Lipinski definition) is 8. The first kappa shape index (κ1) is 16.1. The van der Waals surface area contributed by atoms with Crippen LogP contribution in [0.4, 0.5) is 0 Å². The number of aromatic hydroxyl groups is 2. The van der Waals surface area contributed by atoms with Crippen LogP contribution < -0.4 is 10.9 Å². The predicted octanol–water partition coefficient (Wildman–Crippen LogP) is -1.85. The van der Waals surface area contributed by atoms with Gasteiger partial charge in [0.15, 0.2) is 0 Å². The summed E-state index contributed by atoms with van der Waals surface area (Å²) in [5, 5.41) is 35.6. The van der Waals surface area contributed by atoms with E-state index in [1.165, 1.54) is 5.06 Å². The second-order valence-corrected chi connectivity index (χ2v) is 4.12. The molecule has 0 radical (unpaired) electrons. The van der Waals surface area contributed by atoms with Gasteiger partial charge in [-0.2, -0.15) is 5.06 Å². The highest BCUT2D eigenvalue weighted by molar-refractivity contribution is 5.73. The Morgan fingerprint density at radius 3 is 2.15 bits per heavy atom. The lowest BCUT2D eigenvalue weighted by Gasteiger charge is -2.18. The lowest BCUT2D eigenvalue weighted by atomic mass is 10.2. The maximum atomic E-state index is 10.6. The number of aliphatic carboxylic acids is 1. The van der Waals surface area contributed by atoms with Gasteiger partial charge < -0.3 is 20.4 Å². The molecule has 0 bridgehead atoms. The lowest BCUT2D eigenvalue weighted by Crippen LogP contribution is -2.35. The molecule has 1 saturated heterocycles. The second-order valence-electron chi connectivity index (χ2n) is 4.12. The van der Waals surface area contributed by atoms with E-state index in [9.17, 15) is 14.4 Å². The van der Waals surface area contributed by atoms with Gasteiger partial charge >= 0.3 is 5.97 Å². The van der Waals surface area contributed by atoms with Crippen LogP contribution >= 0.6 is 0 Å². The van der Waals surface area contributed by atoms with Crippen molar-refractivity contribution < 1.29 is 30.1 Å². The summed E-state index contributed by atoms with van der Waals surface area (Å²) < 4.78 is 0. The number of aliphatic hydroxyl groups is 1. The van der Waals surface area contributed by atoms with E-state index in [2.05, 4.69) is 0 Å². The molecule has 1 heterocycles. The van der Waals surface area contributed by atoms with E-state index < -0.39 is 40.5 Å². The van der Waals surface area contributed by atoms with Crippen LogP contribution in [0.2, 0.25) is 0 Å². The van der Waals surface area contributed by atoms with Crippen LogP contribution in [0.25, 0.3) is 0 Å². The summed E-state index contributed by atoms with van der Waals surface area (Å²) in [6.07, 6.45) is -0.340. The predicted molar refractivity (Wildman–Crippen MR) is 65.1 cm³/mol. The van der Waals surface area contributed by atoms with Crippen LogP contribution in [0.5, 0.6) is 11.5 Å². The molecule has 2 rings (SSSR count). The number of β-amino-alcohol motifs (C(OH)–C–C–N with tert-alkyl or cyclic N) is 1. The smallest absolute Gasteiger partial charge is 0.323 e. The Kier molecular flexibility index (Phi) is 5.19. The van der Waals surface area contributed by atoms with Gasteiger partial charge in [0.25, 0.3) is 10.9 Å². The minimum Gasteiger partial charge on any atom is -0.501 e. The van der Waals surface area contributed by atoms with Crippen LogP contribution in [-0.2, 0) is 9.63 Å². The topological polar surface area (TPSA) is 145 Å². The fraction of sp³-hybridized carbons (Fsp3) is 0.545. The summed E-state index contributed by atoms with van der Waals surface area (Å²) in [4.78, 5) is 35.5. The molecule has 112 valence electrons. The standard InChI is InChI=1S/C7H13NO4.C4H2O4/c1-2-12-8-4-5(9)3-6(8)7(10)11;5-1-2(6)4(8)3(1)7/h5-6,9H,2-4H2,1H3,(H,10,11);5-6H/t5-,6+;/m1./s1. The second kappa shape index (κ2) is 6.46. The molecule has 4 N–H and O–H groups in total. The SMILES string of the molecule is CCON1C[C@H](O)C[C@H]1C(=O)O.O=c1c(O)c(O)c1=O. The summed E-state index contributed by atoms with van der Waals surface area (Å²) in [5.74, 6) is -2.59. The fourth-order valence-corrected chi connectivity index (χ4v) is 1.68. The van der Waals surface area contributed by atoms with Crippen LogP contribution in [0.15, 0.2) is 9.59 Å². The van der Waals surface area contributed by atoms with E-state index >= 15 is 0 Å².